The van der Waals surface area contributed by atoms with Crippen LogP contribution in [0.15, 0.2) is 12.1 Å². The van der Waals surface area contributed by atoms with Crippen LogP contribution in [0.3, 0.4) is 0 Å². The van der Waals surface area contributed by atoms with Gasteiger partial charge in [0.25, 0.3) is 0 Å². The highest BCUT2D eigenvalue weighted by molar-refractivity contribution is 7.54. The van der Waals surface area contributed by atoms with Gasteiger partial charge in [-0.2, -0.15) is 0 Å². The van der Waals surface area contributed by atoms with Crippen molar-refractivity contribution in [3.63, 3.8) is 0 Å². The lowest BCUT2D eigenvalue weighted by Gasteiger charge is -2.36. The van der Waals surface area contributed by atoms with Crippen LogP contribution in [0.4, 0.5) is 0 Å². The van der Waals surface area contributed by atoms with Gasteiger partial charge in [0.05, 0.1) is 77.5 Å². The lowest BCUT2D eigenvalue weighted by Crippen LogP contribution is -2.30. The maximum absolute atomic E-state index is 13.9. The first-order valence-electron chi connectivity index (χ1n) is 15.7. The molecular weight excluding hydrogens is 676 g/mol. The molecule has 0 atom stereocenters. The van der Waals surface area contributed by atoms with Crippen molar-refractivity contribution in [3.8, 4) is 0 Å². The molecule has 0 saturated carbocycles. The van der Waals surface area contributed by atoms with Crippen molar-refractivity contribution < 1.29 is 54.5 Å². The SMILES string of the molecule is CC1(C)COP(=O)(Cc2cc(CP3(=O)OCC(C)(C)CO3)c(CP3(=O)OCC(C)(C)CO3)cc2CP2(=O)OCC(C)(C)CO2)OC1. The van der Waals surface area contributed by atoms with E-state index in [-0.39, 0.29) is 99.2 Å². The molecule has 0 N–H and O–H groups in total. The Bertz CT molecular complexity index is 1240. The molecule has 16 heteroatoms. The Kier molecular flexibility index (Phi) is 10.4. The minimum Gasteiger partial charge on any atom is -0.308 e. The number of rotatable bonds is 8. The predicted octanol–water partition coefficient (Wildman–Crippen LogP) is 8.75. The topological polar surface area (TPSA) is 142 Å². The van der Waals surface area contributed by atoms with Gasteiger partial charge in [0.15, 0.2) is 0 Å². The molecule has 0 aliphatic carbocycles. The van der Waals surface area contributed by atoms with E-state index in [1.165, 1.54) is 0 Å². The van der Waals surface area contributed by atoms with E-state index in [0.29, 0.717) is 22.3 Å². The van der Waals surface area contributed by atoms with Crippen LogP contribution in [0.1, 0.15) is 77.6 Å². The summed E-state index contributed by atoms with van der Waals surface area (Å²) in [7, 11) is -14.5. The fraction of sp³-hybridized carbons (Fsp3) is 0.800. The van der Waals surface area contributed by atoms with Gasteiger partial charge in [-0.15, -0.1) is 0 Å². The summed E-state index contributed by atoms with van der Waals surface area (Å²) in [6.45, 7) is 17.6. The summed E-state index contributed by atoms with van der Waals surface area (Å²) in [5, 5.41) is 0. The summed E-state index contributed by atoms with van der Waals surface area (Å²) < 4.78 is 102. The van der Waals surface area contributed by atoms with Gasteiger partial charge < -0.3 is 36.2 Å². The zero-order chi connectivity index (χ0) is 33.9. The average molecular weight is 727 g/mol. The molecule has 4 fully saturated rings. The third-order valence-electron chi connectivity index (χ3n) is 8.19. The lowest BCUT2D eigenvalue weighted by molar-refractivity contribution is 0.0399. The minimum atomic E-state index is -3.62. The first-order valence-corrected chi connectivity index (χ1v) is 22.6. The second-order valence-electron chi connectivity index (χ2n) is 16.3. The van der Waals surface area contributed by atoms with Crippen molar-refractivity contribution in [2.45, 2.75) is 80.0 Å². The first kappa shape index (κ1) is 37.1. The second kappa shape index (κ2) is 12.9. The zero-order valence-corrected chi connectivity index (χ0v) is 31.9. The van der Waals surface area contributed by atoms with E-state index in [2.05, 4.69) is 0 Å². The van der Waals surface area contributed by atoms with Crippen LogP contribution >= 0.6 is 30.4 Å². The van der Waals surface area contributed by atoms with E-state index in [1.807, 2.05) is 55.4 Å². The van der Waals surface area contributed by atoms with Gasteiger partial charge in [0.1, 0.15) is 0 Å². The van der Waals surface area contributed by atoms with Gasteiger partial charge >= 0.3 is 30.4 Å². The largest absolute Gasteiger partial charge is 0.335 e. The van der Waals surface area contributed by atoms with Gasteiger partial charge in [-0.3, -0.25) is 18.3 Å². The molecule has 5 rings (SSSR count). The molecule has 4 aliphatic heterocycles. The highest BCUT2D eigenvalue weighted by Gasteiger charge is 2.43. The number of hydrogen-bond donors (Lipinski definition) is 0. The monoisotopic (exact) mass is 726 g/mol. The summed E-state index contributed by atoms with van der Waals surface area (Å²) >= 11 is 0. The van der Waals surface area contributed by atoms with Crippen molar-refractivity contribution in [1.29, 1.82) is 0 Å². The predicted molar refractivity (Wildman–Crippen MR) is 174 cm³/mol. The Balaban J connectivity index is 1.55. The van der Waals surface area contributed by atoms with Crippen LogP contribution in [0, 0.1) is 21.7 Å². The maximum atomic E-state index is 13.9. The van der Waals surface area contributed by atoms with Crippen LogP contribution in [0.2, 0.25) is 0 Å². The normalized spacial score (nSPS) is 28.7. The molecule has 1 aromatic rings. The standard InChI is InChI=1S/C30H50O12P4/c1-27(2)15-35-43(31,36-16-27)11-23-9-25(13-45(33)39-19-29(5,6)20-40-45)26(14-46(34)41-21-30(7,8)22-42-46)10-24(23)12-44(32)37-17-28(3,4)18-38-44/h9-10H,11-22H2,1-8H3. The Morgan fingerprint density at radius 1 is 0.391 bits per heavy atom. The van der Waals surface area contributed by atoms with Crippen LogP contribution in [0.25, 0.3) is 0 Å². The van der Waals surface area contributed by atoms with Crippen molar-refractivity contribution >= 4 is 30.4 Å². The van der Waals surface area contributed by atoms with Crippen LogP contribution < -0.4 is 0 Å². The minimum absolute atomic E-state index is 0.130. The van der Waals surface area contributed by atoms with Crippen LogP contribution in [0.5, 0.6) is 0 Å². The third-order valence-corrected chi connectivity index (χ3v) is 15.3. The van der Waals surface area contributed by atoms with E-state index >= 15 is 0 Å². The van der Waals surface area contributed by atoms with Crippen molar-refractivity contribution in [2.75, 3.05) is 52.9 Å². The summed E-state index contributed by atoms with van der Waals surface area (Å²) in [6, 6.07) is 3.45. The summed E-state index contributed by atoms with van der Waals surface area (Å²) in [5.41, 5.74) is 0.775. The Morgan fingerprint density at radius 2 is 0.543 bits per heavy atom. The fourth-order valence-electron chi connectivity index (χ4n) is 5.08. The highest BCUT2D eigenvalue weighted by Crippen LogP contribution is 2.62. The summed E-state index contributed by atoms with van der Waals surface area (Å²) in [5.74, 6) is 0. The average Bonchev–Trinajstić information content (AvgIpc) is 2.95. The fourth-order valence-corrected chi connectivity index (χ4v) is 13.3. The summed E-state index contributed by atoms with van der Waals surface area (Å²) in [6.07, 6.45) is -0.520. The van der Waals surface area contributed by atoms with Crippen molar-refractivity contribution in [1.82, 2.24) is 0 Å². The lowest BCUT2D eigenvalue weighted by atomic mass is 9.97. The van der Waals surface area contributed by atoms with Gasteiger partial charge in [-0.05, 0) is 22.3 Å². The molecule has 0 amide bonds. The first-order chi connectivity index (χ1) is 21.0. The molecule has 46 heavy (non-hydrogen) atoms. The van der Waals surface area contributed by atoms with E-state index in [9.17, 15) is 18.3 Å². The molecule has 4 heterocycles. The number of benzene rings is 1. The molecule has 1 aromatic carbocycles. The van der Waals surface area contributed by atoms with Gasteiger partial charge in [0, 0.05) is 21.7 Å². The molecule has 0 bridgehead atoms. The molecule has 262 valence electrons. The quantitative estimate of drug-likeness (QED) is 0.236. The summed E-state index contributed by atoms with van der Waals surface area (Å²) in [4.78, 5) is 0. The smallest absolute Gasteiger partial charge is 0.308 e. The molecule has 0 unspecified atom stereocenters. The van der Waals surface area contributed by atoms with Gasteiger partial charge in [-0.1, -0.05) is 67.5 Å². The molecule has 4 saturated heterocycles. The van der Waals surface area contributed by atoms with Gasteiger partial charge in [-0.25, -0.2) is 0 Å². The van der Waals surface area contributed by atoms with E-state index in [4.69, 9.17) is 36.2 Å². The van der Waals surface area contributed by atoms with Gasteiger partial charge in [0.2, 0.25) is 0 Å². The Labute approximate surface area is 273 Å². The second-order valence-corrected chi connectivity index (χ2v) is 24.5. The molecule has 12 nitrogen and oxygen atoms in total. The molecule has 0 spiro atoms. The van der Waals surface area contributed by atoms with Crippen LogP contribution in [-0.2, 0) is 79.1 Å². The molecule has 0 radical (unpaired) electrons. The third kappa shape index (κ3) is 9.53. The van der Waals surface area contributed by atoms with E-state index in [1.54, 1.807) is 12.1 Å². The highest BCUT2D eigenvalue weighted by atomic mass is 31.2. The Morgan fingerprint density at radius 3 is 0.696 bits per heavy atom. The van der Waals surface area contributed by atoms with Crippen molar-refractivity contribution in [3.05, 3.63) is 34.4 Å². The van der Waals surface area contributed by atoms with E-state index < -0.39 is 30.4 Å². The number of hydrogen-bond acceptors (Lipinski definition) is 12. The zero-order valence-electron chi connectivity index (χ0n) is 28.3. The maximum Gasteiger partial charge on any atom is 0.335 e. The molecule has 4 aliphatic rings. The Hall–Kier alpha value is -0.180. The van der Waals surface area contributed by atoms with Crippen molar-refractivity contribution in [2.24, 2.45) is 21.7 Å². The van der Waals surface area contributed by atoms with E-state index in [0.717, 1.165) is 0 Å². The molecule has 0 aromatic heterocycles. The van der Waals surface area contributed by atoms with Crippen LogP contribution in [-0.4, -0.2) is 52.9 Å². The molecular formula is C30H50O12P4.